The lowest BCUT2D eigenvalue weighted by atomic mass is 10.2. The van der Waals surface area contributed by atoms with Crippen LogP contribution in [0, 0.1) is 0 Å². The standard InChI is InChI=1S/C24H16Cl2N4O2/c1-32-15-11-16(25)22(17(26)12-15)23-28-19-8-6-14(10-20(19)29-23)24(31)30-21-9-7-13-4-2-3-5-18(13)27-21/h2-12H,1H3,(H,28,29)(H,27,30,31). The van der Waals surface area contributed by atoms with Gasteiger partial charge >= 0.3 is 0 Å². The number of imidazole rings is 1. The van der Waals surface area contributed by atoms with Crippen LogP contribution in [0.3, 0.4) is 0 Å². The number of carbonyl (C=O) groups excluding carboxylic acids is 1. The lowest BCUT2D eigenvalue weighted by Gasteiger charge is -2.07. The van der Waals surface area contributed by atoms with Crippen LogP contribution in [0.5, 0.6) is 5.75 Å². The molecular formula is C24H16Cl2N4O2. The van der Waals surface area contributed by atoms with E-state index in [0.717, 1.165) is 10.9 Å². The highest BCUT2D eigenvalue weighted by Crippen LogP contribution is 2.37. The summed E-state index contributed by atoms with van der Waals surface area (Å²) < 4.78 is 5.19. The normalized spacial score (nSPS) is 11.1. The molecule has 2 N–H and O–H groups in total. The van der Waals surface area contributed by atoms with Gasteiger partial charge < -0.3 is 15.0 Å². The molecule has 8 heteroatoms. The number of nitrogens with one attached hydrogen (secondary N) is 2. The summed E-state index contributed by atoms with van der Waals surface area (Å²) >= 11 is 12.8. The number of H-pyrrole nitrogens is 1. The summed E-state index contributed by atoms with van der Waals surface area (Å²) in [7, 11) is 1.54. The largest absolute Gasteiger partial charge is 0.497 e. The van der Waals surface area contributed by atoms with E-state index in [2.05, 4.69) is 20.3 Å². The van der Waals surface area contributed by atoms with Gasteiger partial charge in [0.2, 0.25) is 0 Å². The van der Waals surface area contributed by atoms with Crippen molar-refractivity contribution in [1.29, 1.82) is 0 Å². The zero-order chi connectivity index (χ0) is 22.2. The molecule has 2 aromatic heterocycles. The monoisotopic (exact) mass is 462 g/mol. The second-order valence-electron chi connectivity index (χ2n) is 7.13. The van der Waals surface area contributed by atoms with Crippen molar-refractivity contribution < 1.29 is 9.53 Å². The second-order valence-corrected chi connectivity index (χ2v) is 7.94. The Hall–Kier alpha value is -3.61. The van der Waals surface area contributed by atoms with Crippen molar-refractivity contribution in [3.05, 3.63) is 82.3 Å². The van der Waals surface area contributed by atoms with Crippen molar-refractivity contribution in [2.24, 2.45) is 0 Å². The molecule has 0 bridgehead atoms. The minimum absolute atomic E-state index is 0.272. The Morgan fingerprint density at radius 1 is 0.938 bits per heavy atom. The molecule has 0 unspecified atom stereocenters. The van der Waals surface area contributed by atoms with Crippen molar-refractivity contribution in [2.45, 2.75) is 0 Å². The molecule has 1 amide bonds. The number of carbonyl (C=O) groups is 1. The van der Waals surface area contributed by atoms with E-state index in [9.17, 15) is 4.79 Å². The maximum absolute atomic E-state index is 12.8. The predicted molar refractivity (Wildman–Crippen MR) is 128 cm³/mol. The lowest BCUT2D eigenvalue weighted by molar-refractivity contribution is 0.102. The lowest BCUT2D eigenvalue weighted by Crippen LogP contribution is -2.12. The molecule has 0 saturated carbocycles. The molecule has 3 aromatic carbocycles. The van der Waals surface area contributed by atoms with Gasteiger partial charge in [-0.3, -0.25) is 4.79 Å². The van der Waals surface area contributed by atoms with E-state index >= 15 is 0 Å². The van der Waals surface area contributed by atoms with Crippen LogP contribution in [0.15, 0.2) is 66.7 Å². The van der Waals surface area contributed by atoms with Crippen LogP contribution < -0.4 is 10.1 Å². The maximum atomic E-state index is 12.8. The van der Waals surface area contributed by atoms with E-state index in [0.29, 0.717) is 49.6 Å². The average molecular weight is 463 g/mol. The van der Waals surface area contributed by atoms with Crippen LogP contribution in [0.4, 0.5) is 5.82 Å². The third-order valence-corrected chi connectivity index (χ3v) is 5.67. The molecule has 0 aliphatic carbocycles. The fourth-order valence-electron chi connectivity index (χ4n) is 3.49. The van der Waals surface area contributed by atoms with Crippen LogP contribution in [0.25, 0.3) is 33.3 Å². The first-order valence-electron chi connectivity index (χ1n) is 9.72. The van der Waals surface area contributed by atoms with Gasteiger partial charge in [-0.25, -0.2) is 9.97 Å². The molecule has 32 heavy (non-hydrogen) atoms. The number of pyridine rings is 1. The summed E-state index contributed by atoms with van der Waals surface area (Å²) in [6.45, 7) is 0. The minimum atomic E-state index is -0.272. The zero-order valence-corrected chi connectivity index (χ0v) is 18.3. The fourth-order valence-corrected chi connectivity index (χ4v) is 4.13. The highest BCUT2D eigenvalue weighted by atomic mass is 35.5. The zero-order valence-electron chi connectivity index (χ0n) is 16.8. The number of para-hydroxylation sites is 1. The second kappa shape index (κ2) is 8.15. The number of anilines is 1. The molecule has 158 valence electrons. The molecule has 0 spiro atoms. The Balaban J connectivity index is 1.45. The number of nitrogens with zero attached hydrogens (tertiary/aromatic N) is 2. The van der Waals surface area contributed by atoms with Gasteiger partial charge in [0.15, 0.2) is 0 Å². The van der Waals surface area contributed by atoms with Gasteiger partial charge in [-0.1, -0.05) is 41.4 Å². The van der Waals surface area contributed by atoms with Gasteiger partial charge in [0.25, 0.3) is 5.91 Å². The van der Waals surface area contributed by atoms with E-state index in [-0.39, 0.29) is 5.91 Å². The number of aromatic amines is 1. The third kappa shape index (κ3) is 3.75. The van der Waals surface area contributed by atoms with Gasteiger partial charge in [-0.05, 0) is 48.5 Å². The Bertz CT molecular complexity index is 1470. The first-order valence-corrected chi connectivity index (χ1v) is 10.5. The summed E-state index contributed by atoms with van der Waals surface area (Å²) in [6, 6.07) is 20.0. The molecule has 0 atom stereocenters. The van der Waals surface area contributed by atoms with Crippen LogP contribution in [0.2, 0.25) is 10.0 Å². The molecule has 0 aliphatic rings. The highest BCUT2D eigenvalue weighted by molar-refractivity contribution is 6.39. The van der Waals surface area contributed by atoms with Crippen molar-refractivity contribution >= 4 is 56.9 Å². The van der Waals surface area contributed by atoms with Crippen molar-refractivity contribution in [3.63, 3.8) is 0 Å². The van der Waals surface area contributed by atoms with Gasteiger partial charge in [-0.2, -0.15) is 0 Å². The van der Waals surface area contributed by atoms with Gasteiger partial charge in [0.05, 0.1) is 39.3 Å². The molecule has 5 aromatic rings. The summed E-state index contributed by atoms with van der Waals surface area (Å²) in [5.41, 5.74) is 3.21. The molecule has 2 heterocycles. The molecular weight excluding hydrogens is 447 g/mol. The van der Waals surface area contributed by atoms with Crippen LogP contribution in [0.1, 0.15) is 10.4 Å². The summed E-state index contributed by atoms with van der Waals surface area (Å²) in [4.78, 5) is 25.1. The van der Waals surface area contributed by atoms with Gasteiger partial charge in [0.1, 0.15) is 17.4 Å². The van der Waals surface area contributed by atoms with E-state index in [1.807, 2.05) is 30.3 Å². The van der Waals surface area contributed by atoms with E-state index < -0.39 is 0 Å². The SMILES string of the molecule is COc1cc(Cl)c(-c2nc3ccc(C(=O)Nc4ccc5ccccc5n4)cc3[nH]2)c(Cl)c1. The number of hydrogen-bond acceptors (Lipinski definition) is 4. The quantitative estimate of drug-likeness (QED) is 0.326. The van der Waals surface area contributed by atoms with E-state index in [1.165, 1.54) is 0 Å². The molecule has 5 rings (SSSR count). The number of aromatic nitrogens is 3. The number of methoxy groups -OCH3 is 1. The molecule has 0 radical (unpaired) electrons. The van der Waals surface area contributed by atoms with Crippen LogP contribution in [-0.4, -0.2) is 28.0 Å². The number of hydrogen-bond donors (Lipinski definition) is 2. The van der Waals surface area contributed by atoms with Crippen molar-refractivity contribution in [2.75, 3.05) is 12.4 Å². The number of fused-ring (bicyclic) bond motifs is 2. The third-order valence-electron chi connectivity index (χ3n) is 5.07. The highest BCUT2D eigenvalue weighted by Gasteiger charge is 2.16. The van der Waals surface area contributed by atoms with Crippen LogP contribution >= 0.6 is 23.2 Å². The van der Waals surface area contributed by atoms with Crippen molar-refractivity contribution in [3.8, 4) is 17.1 Å². The molecule has 0 saturated heterocycles. The maximum Gasteiger partial charge on any atom is 0.256 e. The number of benzene rings is 3. The summed E-state index contributed by atoms with van der Waals surface area (Å²) in [5.74, 6) is 1.27. The number of amides is 1. The van der Waals surface area contributed by atoms with E-state index in [1.54, 1.807) is 43.5 Å². The first-order chi connectivity index (χ1) is 15.5. The molecule has 6 nitrogen and oxygen atoms in total. The molecule has 0 fully saturated rings. The minimum Gasteiger partial charge on any atom is -0.497 e. The Morgan fingerprint density at radius 2 is 1.72 bits per heavy atom. The molecule has 0 aliphatic heterocycles. The van der Waals surface area contributed by atoms with Gasteiger partial charge in [-0.15, -0.1) is 0 Å². The first kappa shape index (κ1) is 20.3. The Morgan fingerprint density at radius 3 is 2.50 bits per heavy atom. The predicted octanol–water partition coefficient (Wildman–Crippen LogP) is 6.35. The average Bonchev–Trinajstić information content (AvgIpc) is 3.21. The summed E-state index contributed by atoms with van der Waals surface area (Å²) in [5, 5.41) is 4.67. The summed E-state index contributed by atoms with van der Waals surface area (Å²) in [6.07, 6.45) is 0. The Labute approximate surface area is 193 Å². The van der Waals surface area contributed by atoms with Crippen molar-refractivity contribution in [1.82, 2.24) is 15.0 Å². The van der Waals surface area contributed by atoms with E-state index in [4.69, 9.17) is 27.9 Å². The number of ether oxygens (including phenoxy) is 1. The number of rotatable bonds is 4. The fraction of sp³-hybridized carbons (Fsp3) is 0.0417. The smallest absolute Gasteiger partial charge is 0.256 e. The Kier molecular flexibility index (Phi) is 5.17. The van der Waals surface area contributed by atoms with Crippen LogP contribution in [-0.2, 0) is 0 Å². The number of halogens is 2. The van der Waals surface area contributed by atoms with Gasteiger partial charge in [0, 0.05) is 10.9 Å². The topological polar surface area (TPSA) is 79.9 Å².